The third kappa shape index (κ3) is 3.41. The SMILES string of the molecule is COCCN(CC(=O)O)c1c([N+](=O)[O-])c(C)nn1C. The number of nitrogens with zero attached hydrogens (tertiary/aromatic N) is 4. The average Bonchev–Trinajstić information content (AvgIpc) is 2.59. The fraction of sp³-hybridized carbons (Fsp3) is 0.600. The Balaban J connectivity index is 3.20. The summed E-state index contributed by atoms with van der Waals surface area (Å²) in [4.78, 5) is 22.7. The van der Waals surface area contributed by atoms with Crippen molar-refractivity contribution in [3.63, 3.8) is 0 Å². The van der Waals surface area contributed by atoms with Gasteiger partial charge in [0, 0.05) is 20.7 Å². The maximum Gasteiger partial charge on any atom is 0.333 e. The number of anilines is 1. The summed E-state index contributed by atoms with van der Waals surface area (Å²) in [5.74, 6) is -0.911. The molecule has 0 saturated carbocycles. The molecule has 1 aromatic rings. The first-order valence-corrected chi connectivity index (χ1v) is 5.52. The zero-order valence-corrected chi connectivity index (χ0v) is 11.0. The molecule has 9 nitrogen and oxygen atoms in total. The Morgan fingerprint density at radius 1 is 1.63 bits per heavy atom. The van der Waals surface area contributed by atoms with Crippen molar-refractivity contribution >= 4 is 17.5 Å². The second-order valence-electron chi connectivity index (χ2n) is 3.95. The van der Waals surface area contributed by atoms with Gasteiger partial charge in [-0.05, 0) is 6.92 Å². The fourth-order valence-electron chi connectivity index (χ4n) is 1.83. The monoisotopic (exact) mass is 272 g/mol. The quantitative estimate of drug-likeness (QED) is 0.556. The first kappa shape index (κ1) is 14.9. The van der Waals surface area contributed by atoms with Crippen LogP contribution in [0.25, 0.3) is 0 Å². The van der Waals surface area contributed by atoms with Gasteiger partial charge < -0.3 is 14.7 Å². The topological polar surface area (TPSA) is 111 Å². The highest BCUT2D eigenvalue weighted by Crippen LogP contribution is 2.30. The molecule has 0 aromatic carbocycles. The molecule has 0 aliphatic heterocycles. The van der Waals surface area contributed by atoms with Crippen LogP contribution in [0, 0.1) is 17.0 Å². The van der Waals surface area contributed by atoms with E-state index in [-0.39, 0.29) is 36.9 Å². The maximum absolute atomic E-state index is 11.1. The van der Waals surface area contributed by atoms with Crippen molar-refractivity contribution < 1.29 is 19.6 Å². The van der Waals surface area contributed by atoms with Crippen LogP contribution in [0.2, 0.25) is 0 Å². The fourth-order valence-corrected chi connectivity index (χ4v) is 1.83. The number of methoxy groups -OCH3 is 1. The van der Waals surface area contributed by atoms with Gasteiger partial charge in [0.15, 0.2) is 0 Å². The largest absolute Gasteiger partial charge is 0.480 e. The van der Waals surface area contributed by atoms with Gasteiger partial charge in [-0.25, -0.2) is 4.68 Å². The lowest BCUT2D eigenvalue weighted by atomic mass is 10.3. The van der Waals surface area contributed by atoms with Crippen molar-refractivity contribution in [2.24, 2.45) is 7.05 Å². The normalized spacial score (nSPS) is 10.5. The molecule has 0 amide bonds. The van der Waals surface area contributed by atoms with Gasteiger partial charge in [0.2, 0.25) is 5.82 Å². The number of aromatic nitrogens is 2. The van der Waals surface area contributed by atoms with Crippen molar-refractivity contribution in [1.29, 1.82) is 0 Å². The molecule has 1 rings (SSSR count). The number of nitro groups is 1. The van der Waals surface area contributed by atoms with Gasteiger partial charge in [-0.3, -0.25) is 14.9 Å². The molecule has 0 bridgehead atoms. The summed E-state index contributed by atoms with van der Waals surface area (Å²) in [6, 6.07) is 0. The van der Waals surface area contributed by atoms with E-state index in [1.165, 1.54) is 30.7 Å². The molecule has 0 fully saturated rings. The van der Waals surface area contributed by atoms with Crippen LogP contribution in [-0.2, 0) is 16.6 Å². The molecular weight excluding hydrogens is 256 g/mol. The maximum atomic E-state index is 11.1. The lowest BCUT2D eigenvalue weighted by Crippen LogP contribution is -2.34. The number of hydrogen-bond donors (Lipinski definition) is 1. The van der Waals surface area contributed by atoms with E-state index < -0.39 is 10.9 Å². The van der Waals surface area contributed by atoms with E-state index in [2.05, 4.69) is 5.10 Å². The van der Waals surface area contributed by atoms with E-state index in [4.69, 9.17) is 9.84 Å². The molecule has 0 saturated heterocycles. The van der Waals surface area contributed by atoms with E-state index in [1.807, 2.05) is 0 Å². The zero-order chi connectivity index (χ0) is 14.6. The van der Waals surface area contributed by atoms with Crippen molar-refractivity contribution in [3.05, 3.63) is 15.8 Å². The number of carboxylic acid groups (broad SMARTS) is 1. The minimum absolute atomic E-state index is 0.168. The van der Waals surface area contributed by atoms with Gasteiger partial charge in [-0.1, -0.05) is 0 Å². The summed E-state index contributed by atoms with van der Waals surface area (Å²) < 4.78 is 6.20. The Hall–Kier alpha value is -2.16. The van der Waals surface area contributed by atoms with Crippen LogP contribution >= 0.6 is 0 Å². The lowest BCUT2D eigenvalue weighted by Gasteiger charge is -2.21. The van der Waals surface area contributed by atoms with Crippen LogP contribution in [0.5, 0.6) is 0 Å². The first-order valence-electron chi connectivity index (χ1n) is 5.52. The van der Waals surface area contributed by atoms with Gasteiger partial charge >= 0.3 is 11.7 Å². The molecule has 0 aliphatic carbocycles. The summed E-state index contributed by atoms with van der Waals surface area (Å²) >= 11 is 0. The third-order valence-corrected chi connectivity index (χ3v) is 2.53. The summed E-state index contributed by atoms with van der Waals surface area (Å²) in [5.41, 5.74) is 0.0650. The van der Waals surface area contributed by atoms with Crippen LogP contribution < -0.4 is 4.90 Å². The predicted octanol–water partition coefficient (Wildman–Crippen LogP) is 0.174. The van der Waals surface area contributed by atoms with Crippen molar-refractivity contribution in [3.8, 4) is 0 Å². The van der Waals surface area contributed by atoms with Gasteiger partial charge in [-0.2, -0.15) is 5.10 Å². The minimum atomic E-state index is -1.08. The minimum Gasteiger partial charge on any atom is -0.480 e. The number of rotatable bonds is 7. The summed E-state index contributed by atoms with van der Waals surface area (Å²) in [5, 5.41) is 23.9. The third-order valence-electron chi connectivity index (χ3n) is 2.53. The Labute approximate surface area is 109 Å². The van der Waals surface area contributed by atoms with Gasteiger partial charge in [-0.15, -0.1) is 0 Å². The predicted molar refractivity (Wildman–Crippen MR) is 66.3 cm³/mol. The van der Waals surface area contributed by atoms with Crippen LogP contribution in [0.3, 0.4) is 0 Å². The second kappa shape index (κ2) is 6.14. The Morgan fingerprint density at radius 2 is 2.26 bits per heavy atom. The van der Waals surface area contributed by atoms with E-state index in [0.717, 1.165) is 0 Å². The number of ether oxygens (including phenoxy) is 1. The van der Waals surface area contributed by atoms with E-state index in [9.17, 15) is 14.9 Å². The zero-order valence-electron chi connectivity index (χ0n) is 11.0. The van der Waals surface area contributed by atoms with E-state index in [0.29, 0.717) is 0 Å². The molecule has 0 radical (unpaired) electrons. The lowest BCUT2D eigenvalue weighted by molar-refractivity contribution is -0.384. The average molecular weight is 272 g/mol. The summed E-state index contributed by atoms with van der Waals surface area (Å²) in [6.45, 7) is 1.64. The number of hydrogen-bond acceptors (Lipinski definition) is 6. The summed E-state index contributed by atoms with van der Waals surface area (Å²) in [7, 11) is 3.01. The van der Waals surface area contributed by atoms with Gasteiger partial charge in [0.1, 0.15) is 12.2 Å². The van der Waals surface area contributed by atoms with Gasteiger partial charge in [0.25, 0.3) is 0 Å². The van der Waals surface area contributed by atoms with Crippen LogP contribution in [0.4, 0.5) is 11.5 Å². The number of aryl methyl sites for hydroxylation is 2. The van der Waals surface area contributed by atoms with Gasteiger partial charge in [0.05, 0.1) is 11.5 Å². The molecule has 9 heteroatoms. The van der Waals surface area contributed by atoms with Crippen molar-refractivity contribution in [1.82, 2.24) is 9.78 Å². The molecule has 0 spiro atoms. The molecule has 1 heterocycles. The van der Waals surface area contributed by atoms with Crippen LogP contribution in [-0.4, -0.2) is 52.6 Å². The van der Waals surface area contributed by atoms with Crippen LogP contribution in [0.15, 0.2) is 0 Å². The highest BCUT2D eigenvalue weighted by atomic mass is 16.6. The summed E-state index contributed by atoms with van der Waals surface area (Å²) in [6.07, 6.45) is 0. The number of carbonyl (C=O) groups is 1. The van der Waals surface area contributed by atoms with E-state index >= 15 is 0 Å². The van der Waals surface area contributed by atoms with Crippen molar-refractivity contribution in [2.45, 2.75) is 6.92 Å². The highest BCUT2D eigenvalue weighted by molar-refractivity contribution is 5.75. The standard InChI is InChI=1S/C10H16N4O5/c1-7-9(14(17)18)10(12(2)11-7)13(4-5-19-3)6-8(15)16/h4-6H2,1-3H3,(H,15,16). The Morgan fingerprint density at radius 3 is 2.74 bits per heavy atom. The molecule has 0 atom stereocenters. The molecule has 19 heavy (non-hydrogen) atoms. The smallest absolute Gasteiger partial charge is 0.333 e. The molecule has 106 valence electrons. The highest BCUT2D eigenvalue weighted by Gasteiger charge is 2.29. The molecular formula is C10H16N4O5. The second-order valence-corrected chi connectivity index (χ2v) is 3.95. The Kier molecular flexibility index (Phi) is 4.81. The van der Waals surface area contributed by atoms with Crippen molar-refractivity contribution in [2.75, 3.05) is 31.7 Å². The first-order chi connectivity index (χ1) is 8.88. The number of aliphatic carboxylic acids is 1. The van der Waals surface area contributed by atoms with Crippen LogP contribution in [0.1, 0.15) is 5.69 Å². The molecule has 0 aliphatic rings. The molecule has 1 N–H and O–H groups in total. The number of carboxylic acids is 1. The molecule has 1 aromatic heterocycles. The Bertz CT molecular complexity index is 485. The van der Waals surface area contributed by atoms with E-state index in [1.54, 1.807) is 0 Å². The molecule has 0 unspecified atom stereocenters.